The van der Waals surface area contributed by atoms with Gasteiger partial charge in [0.05, 0.1) is 11.7 Å². The van der Waals surface area contributed by atoms with Gasteiger partial charge in [-0.3, -0.25) is 9.48 Å². The van der Waals surface area contributed by atoms with Gasteiger partial charge in [-0.2, -0.15) is 5.10 Å². The molecule has 0 aliphatic heterocycles. The fourth-order valence-corrected chi connectivity index (χ4v) is 2.19. The lowest BCUT2D eigenvalue weighted by molar-refractivity contribution is -0.116. The summed E-state index contributed by atoms with van der Waals surface area (Å²) in [5.74, 6) is -0.435. The van der Waals surface area contributed by atoms with Gasteiger partial charge in [0, 0.05) is 17.8 Å². The molecule has 5 heteroatoms. The summed E-state index contributed by atoms with van der Waals surface area (Å²) in [7, 11) is 0. The number of hydrogen-bond acceptors (Lipinski definition) is 2. The Labute approximate surface area is 117 Å². The SMILES string of the molecule is Cc1cc(C)n(C(C)CC(=O)Nc2ccc(F)cc2)n1. The third kappa shape index (κ3) is 3.44. The minimum atomic E-state index is -0.320. The molecular weight excluding hydrogens is 257 g/mol. The number of anilines is 1. The van der Waals surface area contributed by atoms with Gasteiger partial charge < -0.3 is 5.32 Å². The number of benzene rings is 1. The van der Waals surface area contributed by atoms with Crippen LogP contribution in [0, 0.1) is 19.7 Å². The second-order valence-corrected chi connectivity index (χ2v) is 4.98. The molecule has 2 aromatic rings. The Hall–Kier alpha value is -2.17. The van der Waals surface area contributed by atoms with Gasteiger partial charge in [0.1, 0.15) is 5.82 Å². The van der Waals surface area contributed by atoms with Gasteiger partial charge in [-0.15, -0.1) is 0 Å². The van der Waals surface area contributed by atoms with Crippen molar-refractivity contribution in [2.75, 3.05) is 5.32 Å². The van der Waals surface area contributed by atoms with Crippen LogP contribution in [0.4, 0.5) is 10.1 Å². The van der Waals surface area contributed by atoms with E-state index in [1.165, 1.54) is 12.1 Å². The van der Waals surface area contributed by atoms with Crippen LogP contribution in [-0.4, -0.2) is 15.7 Å². The van der Waals surface area contributed by atoms with Crippen LogP contribution in [0.25, 0.3) is 0 Å². The van der Waals surface area contributed by atoms with Crippen LogP contribution in [-0.2, 0) is 4.79 Å². The Kier molecular flexibility index (Phi) is 4.17. The number of aryl methyl sites for hydroxylation is 2. The molecule has 1 unspecified atom stereocenters. The lowest BCUT2D eigenvalue weighted by Gasteiger charge is -2.14. The molecule has 0 aliphatic carbocycles. The van der Waals surface area contributed by atoms with E-state index < -0.39 is 0 Å². The molecule has 1 amide bonds. The number of carbonyl (C=O) groups excluding carboxylic acids is 1. The Balaban J connectivity index is 1.97. The highest BCUT2D eigenvalue weighted by Gasteiger charge is 2.14. The van der Waals surface area contributed by atoms with Gasteiger partial charge in [0.2, 0.25) is 5.91 Å². The molecule has 1 heterocycles. The summed E-state index contributed by atoms with van der Waals surface area (Å²) in [6, 6.07) is 7.68. The lowest BCUT2D eigenvalue weighted by Crippen LogP contribution is -2.19. The van der Waals surface area contributed by atoms with Gasteiger partial charge in [-0.05, 0) is 51.1 Å². The van der Waals surface area contributed by atoms with Gasteiger partial charge in [0.25, 0.3) is 0 Å². The third-order valence-electron chi connectivity index (χ3n) is 3.07. The van der Waals surface area contributed by atoms with Crippen molar-refractivity contribution in [3.63, 3.8) is 0 Å². The third-order valence-corrected chi connectivity index (χ3v) is 3.07. The standard InChI is InChI=1S/C15H18FN3O/c1-10-8-11(2)19(18-10)12(3)9-15(20)17-14-6-4-13(16)5-7-14/h4-8,12H,9H2,1-3H3,(H,17,20). The molecule has 0 bridgehead atoms. The van der Waals surface area contributed by atoms with Crippen LogP contribution in [0.15, 0.2) is 30.3 Å². The van der Waals surface area contributed by atoms with E-state index in [4.69, 9.17) is 0 Å². The number of halogens is 1. The van der Waals surface area contributed by atoms with E-state index in [-0.39, 0.29) is 17.8 Å². The second-order valence-electron chi connectivity index (χ2n) is 4.98. The maximum Gasteiger partial charge on any atom is 0.226 e. The summed E-state index contributed by atoms with van der Waals surface area (Å²) >= 11 is 0. The number of hydrogen-bond donors (Lipinski definition) is 1. The van der Waals surface area contributed by atoms with E-state index in [9.17, 15) is 9.18 Å². The van der Waals surface area contributed by atoms with E-state index >= 15 is 0 Å². The first-order chi connectivity index (χ1) is 9.45. The number of rotatable bonds is 4. The maximum absolute atomic E-state index is 12.8. The average Bonchev–Trinajstić information content (AvgIpc) is 2.71. The zero-order valence-electron chi connectivity index (χ0n) is 11.9. The second kappa shape index (κ2) is 5.86. The number of aromatic nitrogens is 2. The van der Waals surface area contributed by atoms with Crippen LogP contribution in [0.1, 0.15) is 30.8 Å². The largest absolute Gasteiger partial charge is 0.326 e. The molecule has 1 aromatic carbocycles. The summed E-state index contributed by atoms with van der Waals surface area (Å²) in [6.07, 6.45) is 0.319. The quantitative estimate of drug-likeness (QED) is 0.931. The highest BCUT2D eigenvalue weighted by molar-refractivity contribution is 5.90. The topological polar surface area (TPSA) is 46.9 Å². The number of nitrogens with one attached hydrogen (secondary N) is 1. The molecule has 20 heavy (non-hydrogen) atoms. The lowest BCUT2D eigenvalue weighted by atomic mass is 10.2. The first-order valence-electron chi connectivity index (χ1n) is 6.54. The minimum Gasteiger partial charge on any atom is -0.326 e. The van der Waals surface area contributed by atoms with Crippen molar-refractivity contribution < 1.29 is 9.18 Å². The molecule has 0 aliphatic rings. The molecule has 0 spiro atoms. The fraction of sp³-hybridized carbons (Fsp3) is 0.333. The van der Waals surface area contributed by atoms with Crippen molar-refractivity contribution >= 4 is 11.6 Å². The van der Waals surface area contributed by atoms with Crippen LogP contribution in [0.3, 0.4) is 0 Å². The van der Waals surface area contributed by atoms with Crippen LogP contribution < -0.4 is 5.32 Å². The number of amides is 1. The van der Waals surface area contributed by atoms with Crippen molar-refractivity contribution in [3.05, 3.63) is 47.5 Å². The molecule has 0 saturated carbocycles. The van der Waals surface area contributed by atoms with Crippen molar-refractivity contribution in [3.8, 4) is 0 Å². The Morgan fingerprint density at radius 3 is 2.55 bits per heavy atom. The monoisotopic (exact) mass is 275 g/mol. The molecule has 1 aromatic heterocycles. The predicted molar refractivity (Wildman–Crippen MR) is 76.1 cm³/mol. The highest BCUT2D eigenvalue weighted by Crippen LogP contribution is 2.16. The molecule has 1 atom stereocenters. The zero-order valence-corrected chi connectivity index (χ0v) is 11.9. The first kappa shape index (κ1) is 14.2. The predicted octanol–water partition coefficient (Wildman–Crippen LogP) is 3.23. The Morgan fingerprint density at radius 2 is 2.00 bits per heavy atom. The zero-order chi connectivity index (χ0) is 14.7. The summed E-state index contributed by atoms with van der Waals surface area (Å²) in [5, 5.41) is 7.12. The van der Waals surface area contributed by atoms with Gasteiger partial charge >= 0.3 is 0 Å². The molecule has 2 rings (SSSR count). The van der Waals surface area contributed by atoms with Crippen molar-refractivity contribution in [1.29, 1.82) is 0 Å². The molecule has 0 fully saturated rings. The van der Waals surface area contributed by atoms with Crippen molar-refractivity contribution in [1.82, 2.24) is 9.78 Å². The molecule has 0 saturated heterocycles. The molecule has 0 radical (unpaired) electrons. The van der Waals surface area contributed by atoms with E-state index in [0.717, 1.165) is 11.4 Å². The summed E-state index contributed by atoms with van der Waals surface area (Å²) in [5.41, 5.74) is 2.56. The van der Waals surface area contributed by atoms with Crippen LogP contribution >= 0.6 is 0 Å². The Bertz CT molecular complexity index is 604. The van der Waals surface area contributed by atoms with Gasteiger partial charge in [-0.25, -0.2) is 4.39 Å². The van der Waals surface area contributed by atoms with Gasteiger partial charge in [-0.1, -0.05) is 0 Å². The van der Waals surface area contributed by atoms with E-state index in [2.05, 4.69) is 10.4 Å². The Morgan fingerprint density at radius 1 is 1.35 bits per heavy atom. The smallest absolute Gasteiger partial charge is 0.226 e. The summed E-state index contributed by atoms with van der Waals surface area (Å²) in [6.45, 7) is 5.84. The summed E-state index contributed by atoms with van der Waals surface area (Å²) < 4.78 is 14.6. The number of carbonyl (C=O) groups is 1. The maximum atomic E-state index is 12.8. The number of nitrogens with zero attached hydrogens (tertiary/aromatic N) is 2. The van der Waals surface area contributed by atoms with E-state index in [1.807, 2.05) is 31.5 Å². The van der Waals surface area contributed by atoms with E-state index in [0.29, 0.717) is 12.1 Å². The highest BCUT2D eigenvalue weighted by atomic mass is 19.1. The van der Waals surface area contributed by atoms with Crippen LogP contribution in [0.2, 0.25) is 0 Å². The molecule has 4 nitrogen and oxygen atoms in total. The normalized spacial score (nSPS) is 12.2. The summed E-state index contributed by atoms with van der Waals surface area (Å²) in [4.78, 5) is 12.0. The first-order valence-corrected chi connectivity index (χ1v) is 6.54. The average molecular weight is 275 g/mol. The van der Waals surface area contributed by atoms with Gasteiger partial charge in [0.15, 0.2) is 0 Å². The minimum absolute atomic E-state index is 0.0239. The molecule has 106 valence electrons. The van der Waals surface area contributed by atoms with Crippen molar-refractivity contribution in [2.24, 2.45) is 0 Å². The molecular formula is C15H18FN3O. The fourth-order valence-electron chi connectivity index (χ4n) is 2.19. The van der Waals surface area contributed by atoms with Crippen molar-refractivity contribution in [2.45, 2.75) is 33.2 Å². The van der Waals surface area contributed by atoms with E-state index in [1.54, 1.807) is 12.1 Å². The molecule has 1 N–H and O–H groups in total. The van der Waals surface area contributed by atoms with Crippen LogP contribution in [0.5, 0.6) is 0 Å².